The van der Waals surface area contributed by atoms with Crippen LogP contribution in [0.2, 0.25) is 0 Å². The molecule has 7 nitrogen and oxygen atoms in total. The molecule has 0 radical (unpaired) electrons. The van der Waals surface area contributed by atoms with Gasteiger partial charge in [0, 0.05) is 69.0 Å². The van der Waals surface area contributed by atoms with E-state index in [1.807, 2.05) is 27.5 Å². The summed E-state index contributed by atoms with van der Waals surface area (Å²) >= 11 is 0. The lowest BCUT2D eigenvalue weighted by Gasteiger charge is -2.36. The number of imidazole rings is 1. The molecule has 0 aliphatic carbocycles. The molecule has 142 valence electrons. The normalized spacial score (nSPS) is 22.0. The van der Waals surface area contributed by atoms with Crippen molar-refractivity contribution in [2.75, 3.05) is 19.6 Å². The fourth-order valence-corrected chi connectivity index (χ4v) is 4.23. The minimum atomic E-state index is 0.0395. The van der Waals surface area contributed by atoms with Gasteiger partial charge in [0.05, 0.1) is 0 Å². The Morgan fingerprint density at radius 1 is 1.11 bits per heavy atom. The Labute approximate surface area is 159 Å². The Morgan fingerprint density at radius 3 is 2.67 bits per heavy atom. The van der Waals surface area contributed by atoms with Crippen LogP contribution in [0.15, 0.2) is 36.9 Å². The summed E-state index contributed by atoms with van der Waals surface area (Å²) in [5.74, 6) is 1.50. The molecule has 3 fully saturated rings. The van der Waals surface area contributed by atoms with E-state index in [1.54, 1.807) is 30.7 Å². The number of piperidine rings is 1. The number of hydrogen-bond donors (Lipinski definition) is 0. The Bertz CT molecular complexity index is 819. The van der Waals surface area contributed by atoms with E-state index in [0.29, 0.717) is 31.0 Å². The summed E-state index contributed by atoms with van der Waals surface area (Å²) in [6.07, 6.45) is 9.48. The molecule has 0 unspecified atom stereocenters. The van der Waals surface area contributed by atoms with Crippen molar-refractivity contribution in [3.63, 3.8) is 0 Å². The number of hydrogen-bond acceptors (Lipinski definition) is 4. The number of aromatic nitrogens is 3. The number of nitrogens with zero attached hydrogens (tertiary/aromatic N) is 5. The summed E-state index contributed by atoms with van der Waals surface area (Å²) in [5.41, 5.74) is 0.666. The van der Waals surface area contributed by atoms with Crippen LogP contribution in [0.3, 0.4) is 0 Å². The standard InChI is InChI=1S/C20H25N5O2/c1-15-22-9-11-23(15)10-6-19(26)25-13-16-2-3-18(25)14-24(12-16)20(27)17-4-7-21-8-5-17/h4-5,7-9,11,16,18H,2-3,6,10,12-14H2,1H3/t16-,18+/m0/s1. The van der Waals surface area contributed by atoms with E-state index in [4.69, 9.17) is 0 Å². The van der Waals surface area contributed by atoms with Crippen molar-refractivity contribution in [2.45, 2.75) is 38.8 Å². The van der Waals surface area contributed by atoms with Crippen molar-refractivity contribution in [2.24, 2.45) is 5.92 Å². The van der Waals surface area contributed by atoms with Crippen LogP contribution in [0.1, 0.15) is 35.4 Å². The van der Waals surface area contributed by atoms with Crippen molar-refractivity contribution in [3.05, 3.63) is 48.3 Å². The first kappa shape index (κ1) is 17.7. The van der Waals surface area contributed by atoms with Crippen molar-refractivity contribution < 1.29 is 9.59 Å². The van der Waals surface area contributed by atoms with E-state index in [1.165, 1.54) is 0 Å². The van der Waals surface area contributed by atoms with Gasteiger partial charge in [-0.2, -0.15) is 0 Å². The third kappa shape index (κ3) is 3.72. The summed E-state index contributed by atoms with van der Waals surface area (Å²) in [5, 5.41) is 0. The van der Waals surface area contributed by atoms with Gasteiger partial charge in [-0.05, 0) is 37.8 Å². The van der Waals surface area contributed by atoms with E-state index in [2.05, 4.69) is 9.97 Å². The van der Waals surface area contributed by atoms with Crippen molar-refractivity contribution in [1.82, 2.24) is 24.3 Å². The van der Waals surface area contributed by atoms with E-state index in [9.17, 15) is 9.59 Å². The van der Waals surface area contributed by atoms with Gasteiger partial charge in [0.1, 0.15) is 5.82 Å². The number of pyridine rings is 1. The van der Waals surface area contributed by atoms with Crippen LogP contribution >= 0.6 is 0 Å². The van der Waals surface area contributed by atoms with Crippen LogP contribution in [-0.2, 0) is 11.3 Å². The summed E-state index contributed by atoms with van der Waals surface area (Å²) in [6, 6.07) is 3.63. The molecule has 0 saturated carbocycles. The van der Waals surface area contributed by atoms with Crippen LogP contribution in [0, 0.1) is 12.8 Å². The molecule has 5 heterocycles. The van der Waals surface area contributed by atoms with Gasteiger partial charge in [-0.3, -0.25) is 14.6 Å². The Hall–Kier alpha value is -2.70. The van der Waals surface area contributed by atoms with Crippen molar-refractivity contribution in [3.8, 4) is 0 Å². The Kier molecular flexibility index (Phi) is 4.92. The van der Waals surface area contributed by atoms with E-state index in [-0.39, 0.29) is 17.9 Å². The molecular formula is C20H25N5O2. The monoisotopic (exact) mass is 367 g/mol. The zero-order valence-electron chi connectivity index (χ0n) is 15.6. The molecule has 3 aliphatic rings. The van der Waals surface area contributed by atoms with Gasteiger partial charge in [-0.15, -0.1) is 0 Å². The van der Waals surface area contributed by atoms with Gasteiger partial charge >= 0.3 is 0 Å². The maximum absolute atomic E-state index is 12.9. The largest absolute Gasteiger partial charge is 0.338 e. The van der Waals surface area contributed by atoms with Gasteiger partial charge in [0.2, 0.25) is 5.91 Å². The van der Waals surface area contributed by atoms with E-state index < -0.39 is 0 Å². The summed E-state index contributed by atoms with van der Waals surface area (Å²) in [6.45, 7) is 4.70. The number of amides is 2. The van der Waals surface area contributed by atoms with Gasteiger partial charge in [0.15, 0.2) is 0 Å². The second-order valence-electron chi connectivity index (χ2n) is 7.51. The molecular weight excluding hydrogens is 342 g/mol. The zero-order chi connectivity index (χ0) is 18.8. The zero-order valence-corrected chi connectivity index (χ0v) is 15.6. The second-order valence-corrected chi connectivity index (χ2v) is 7.51. The quantitative estimate of drug-likeness (QED) is 0.825. The van der Waals surface area contributed by atoms with Gasteiger partial charge in [0.25, 0.3) is 5.91 Å². The number of carbonyl (C=O) groups is 2. The van der Waals surface area contributed by atoms with Crippen LogP contribution in [-0.4, -0.2) is 61.8 Å². The molecule has 2 aromatic heterocycles. The molecule has 2 aromatic rings. The highest BCUT2D eigenvalue weighted by molar-refractivity contribution is 5.94. The first-order valence-electron chi connectivity index (χ1n) is 9.58. The predicted molar refractivity (Wildman–Crippen MR) is 99.9 cm³/mol. The predicted octanol–water partition coefficient (Wildman–Crippen LogP) is 1.74. The fourth-order valence-electron chi connectivity index (χ4n) is 4.23. The topological polar surface area (TPSA) is 71.3 Å². The average Bonchev–Trinajstić information content (AvgIpc) is 2.91. The molecule has 7 heteroatoms. The smallest absolute Gasteiger partial charge is 0.254 e. The molecule has 2 amide bonds. The summed E-state index contributed by atoms with van der Waals surface area (Å²) in [7, 11) is 0. The van der Waals surface area contributed by atoms with Crippen molar-refractivity contribution in [1.29, 1.82) is 0 Å². The molecule has 0 N–H and O–H groups in total. The first-order valence-corrected chi connectivity index (χ1v) is 9.58. The molecule has 5 rings (SSSR count). The maximum atomic E-state index is 12.9. The maximum Gasteiger partial charge on any atom is 0.254 e. The Balaban J connectivity index is 1.42. The fraction of sp³-hybridized carbons (Fsp3) is 0.500. The molecule has 0 spiro atoms. The molecule has 3 aliphatic heterocycles. The Morgan fingerprint density at radius 2 is 1.93 bits per heavy atom. The van der Waals surface area contributed by atoms with Crippen LogP contribution < -0.4 is 0 Å². The van der Waals surface area contributed by atoms with Crippen LogP contribution in [0.25, 0.3) is 0 Å². The molecule has 2 bridgehead atoms. The number of carbonyl (C=O) groups excluding carboxylic acids is 2. The lowest BCUT2D eigenvalue weighted by atomic mass is 9.94. The second kappa shape index (κ2) is 7.50. The SMILES string of the molecule is Cc1nccn1CCC(=O)N1C[C@H]2CC[C@@H]1CN(C(=O)c1ccncc1)C2. The number of fused-ring (bicyclic) bond motifs is 4. The third-order valence-corrected chi connectivity index (χ3v) is 5.74. The minimum Gasteiger partial charge on any atom is -0.338 e. The average molecular weight is 367 g/mol. The lowest BCUT2D eigenvalue weighted by molar-refractivity contribution is -0.135. The summed E-state index contributed by atoms with van der Waals surface area (Å²) < 4.78 is 2.01. The highest BCUT2D eigenvalue weighted by Crippen LogP contribution is 2.29. The molecule has 3 saturated heterocycles. The molecule has 0 aromatic carbocycles. The van der Waals surface area contributed by atoms with E-state index >= 15 is 0 Å². The van der Waals surface area contributed by atoms with E-state index in [0.717, 1.165) is 31.8 Å². The van der Waals surface area contributed by atoms with Crippen molar-refractivity contribution >= 4 is 11.8 Å². The highest BCUT2D eigenvalue weighted by Gasteiger charge is 2.38. The van der Waals surface area contributed by atoms with Gasteiger partial charge in [-0.25, -0.2) is 4.98 Å². The lowest BCUT2D eigenvalue weighted by Crippen LogP contribution is -2.47. The first-order chi connectivity index (χ1) is 13.1. The van der Waals surface area contributed by atoms with Crippen LogP contribution in [0.5, 0.6) is 0 Å². The molecule has 2 atom stereocenters. The van der Waals surface area contributed by atoms with Crippen LogP contribution in [0.4, 0.5) is 0 Å². The highest BCUT2D eigenvalue weighted by atomic mass is 16.2. The minimum absolute atomic E-state index is 0.0395. The number of aryl methyl sites for hydroxylation is 2. The summed E-state index contributed by atoms with van der Waals surface area (Å²) in [4.78, 5) is 37.9. The molecule has 27 heavy (non-hydrogen) atoms. The van der Waals surface area contributed by atoms with Gasteiger partial charge < -0.3 is 14.4 Å². The number of rotatable bonds is 4. The third-order valence-electron chi connectivity index (χ3n) is 5.74. The van der Waals surface area contributed by atoms with Gasteiger partial charge in [-0.1, -0.05) is 0 Å².